The minimum Gasteiger partial charge on any atom is -0.331 e. The van der Waals surface area contributed by atoms with Gasteiger partial charge >= 0.3 is 6.03 Å². The highest BCUT2D eigenvalue weighted by atomic mass is 35.5. The van der Waals surface area contributed by atoms with E-state index < -0.39 is 0 Å². The van der Waals surface area contributed by atoms with Gasteiger partial charge in [0.15, 0.2) is 0 Å². The SMILES string of the molecule is Cc1csc(CNC(=O)N(C)Cc2cccc(Cl)c2)n1. The third-order valence-electron chi connectivity index (χ3n) is 2.71. The molecule has 4 nitrogen and oxygen atoms in total. The van der Waals surface area contributed by atoms with E-state index in [1.807, 2.05) is 36.6 Å². The second-order valence-corrected chi connectivity index (χ2v) is 5.91. The molecule has 0 aliphatic heterocycles. The van der Waals surface area contributed by atoms with Gasteiger partial charge in [0, 0.05) is 29.7 Å². The maximum absolute atomic E-state index is 12.0. The maximum atomic E-state index is 12.0. The number of rotatable bonds is 4. The van der Waals surface area contributed by atoms with Crippen LogP contribution in [-0.2, 0) is 13.1 Å². The number of carbonyl (C=O) groups is 1. The summed E-state index contributed by atoms with van der Waals surface area (Å²) in [5.74, 6) is 0. The first-order chi connectivity index (χ1) is 9.54. The molecule has 2 rings (SSSR count). The Balaban J connectivity index is 1.85. The number of thiazole rings is 1. The van der Waals surface area contributed by atoms with Crippen LogP contribution in [0.25, 0.3) is 0 Å². The first-order valence-electron chi connectivity index (χ1n) is 6.19. The molecule has 0 aliphatic rings. The Bertz CT molecular complexity index is 600. The topological polar surface area (TPSA) is 45.2 Å². The number of aromatic nitrogens is 1. The third-order valence-corrected chi connectivity index (χ3v) is 3.91. The molecule has 20 heavy (non-hydrogen) atoms. The number of hydrogen-bond acceptors (Lipinski definition) is 3. The van der Waals surface area contributed by atoms with Gasteiger partial charge in [-0.25, -0.2) is 9.78 Å². The van der Waals surface area contributed by atoms with Crippen molar-refractivity contribution in [1.82, 2.24) is 15.2 Å². The van der Waals surface area contributed by atoms with E-state index in [9.17, 15) is 4.79 Å². The molecule has 1 N–H and O–H groups in total. The summed E-state index contributed by atoms with van der Waals surface area (Å²) in [4.78, 5) is 17.9. The predicted octanol–water partition coefficient (Wildman–Crippen LogP) is 3.45. The highest BCUT2D eigenvalue weighted by molar-refractivity contribution is 7.09. The quantitative estimate of drug-likeness (QED) is 0.940. The number of hydrogen-bond donors (Lipinski definition) is 1. The van der Waals surface area contributed by atoms with Crippen molar-refractivity contribution in [3.05, 3.63) is 50.9 Å². The number of carbonyl (C=O) groups excluding carboxylic acids is 1. The number of amides is 2. The highest BCUT2D eigenvalue weighted by Gasteiger charge is 2.09. The Morgan fingerprint density at radius 3 is 2.95 bits per heavy atom. The van der Waals surface area contributed by atoms with Gasteiger partial charge in [-0.15, -0.1) is 11.3 Å². The van der Waals surface area contributed by atoms with Crippen molar-refractivity contribution < 1.29 is 4.79 Å². The van der Waals surface area contributed by atoms with Crippen LogP contribution in [0.5, 0.6) is 0 Å². The molecule has 0 bridgehead atoms. The fourth-order valence-electron chi connectivity index (χ4n) is 1.75. The minimum atomic E-state index is -0.127. The van der Waals surface area contributed by atoms with Crippen molar-refractivity contribution in [2.75, 3.05) is 7.05 Å². The molecule has 1 heterocycles. The number of nitrogens with zero attached hydrogens (tertiary/aromatic N) is 2. The molecule has 0 fully saturated rings. The van der Waals surface area contributed by atoms with Crippen molar-refractivity contribution >= 4 is 29.0 Å². The summed E-state index contributed by atoms with van der Waals surface area (Å²) in [6.07, 6.45) is 0. The fourth-order valence-corrected chi connectivity index (χ4v) is 2.68. The van der Waals surface area contributed by atoms with Gasteiger partial charge in [0.25, 0.3) is 0 Å². The first kappa shape index (κ1) is 14.8. The Labute approximate surface area is 127 Å². The Kier molecular flexibility index (Phi) is 4.98. The van der Waals surface area contributed by atoms with Crippen LogP contribution in [-0.4, -0.2) is 23.0 Å². The molecule has 0 saturated carbocycles. The molecule has 0 spiro atoms. The molecule has 6 heteroatoms. The number of halogens is 1. The average molecular weight is 310 g/mol. The van der Waals surface area contributed by atoms with Crippen molar-refractivity contribution in [3.63, 3.8) is 0 Å². The van der Waals surface area contributed by atoms with E-state index in [1.165, 1.54) is 0 Å². The van der Waals surface area contributed by atoms with Gasteiger partial charge in [-0.1, -0.05) is 23.7 Å². The van der Waals surface area contributed by atoms with Gasteiger partial charge in [0.2, 0.25) is 0 Å². The van der Waals surface area contributed by atoms with Gasteiger partial charge in [0.05, 0.1) is 6.54 Å². The van der Waals surface area contributed by atoms with E-state index in [4.69, 9.17) is 11.6 Å². The molecule has 0 atom stereocenters. The van der Waals surface area contributed by atoms with Crippen LogP contribution in [0.4, 0.5) is 4.79 Å². The first-order valence-corrected chi connectivity index (χ1v) is 7.45. The zero-order valence-electron chi connectivity index (χ0n) is 11.4. The fraction of sp³-hybridized carbons (Fsp3) is 0.286. The molecule has 2 aromatic rings. The number of benzene rings is 1. The summed E-state index contributed by atoms with van der Waals surface area (Å²) >= 11 is 7.47. The summed E-state index contributed by atoms with van der Waals surface area (Å²) in [6, 6.07) is 7.37. The van der Waals surface area contributed by atoms with E-state index in [0.717, 1.165) is 16.3 Å². The van der Waals surface area contributed by atoms with Crippen LogP contribution in [0, 0.1) is 6.92 Å². The Morgan fingerprint density at radius 2 is 2.30 bits per heavy atom. The van der Waals surface area contributed by atoms with Gasteiger partial charge < -0.3 is 10.2 Å². The summed E-state index contributed by atoms with van der Waals surface area (Å²) < 4.78 is 0. The standard InChI is InChI=1S/C14H16ClN3OS/c1-10-9-20-13(17-10)7-16-14(19)18(2)8-11-4-3-5-12(15)6-11/h3-6,9H,7-8H2,1-2H3,(H,16,19). The van der Waals surface area contributed by atoms with E-state index in [2.05, 4.69) is 10.3 Å². The minimum absolute atomic E-state index is 0.127. The van der Waals surface area contributed by atoms with Gasteiger partial charge in [0.1, 0.15) is 5.01 Å². The lowest BCUT2D eigenvalue weighted by Crippen LogP contribution is -2.36. The number of nitrogens with one attached hydrogen (secondary N) is 1. The molecule has 1 aromatic carbocycles. The van der Waals surface area contributed by atoms with E-state index in [-0.39, 0.29) is 6.03 Å². The summed E-state index contributed by atoms with van der Waals surface area (Å²) in [5.41, 5.74) is 1.98. The lowest BCUT2D eigenvalue weighted by molar-refractivity contribution is 0.206. The molecule has 0 aliphatic carbocycles. The van der Waals surface area contributed by atoms with Crippen LogP contribution < -0.4 is 5.32 Å². The van der Waals surface area contributed by atoms with Crippen LogP contribution >= 0.6 is 22.9 Å². The Morgan fingerprint density at radius 1 is 1.50 bits per heavy atom. The second kappa shape index (κ2) is 6.72. The second-order valence-electron chi connectivity index (χ2n) is 4.53. The molecule has 0 saturated heterocycles. The number of urea groups is 1. The van der Waals surface area contributed by atoms with E-state index in [0.29, 0.717) is 18.1 Å². The zero-order chi connectivity index (χ0) is 14.5. The van der Waals surface area contributed by atoms with Gasteiger partial charge in [-0.2, -0.15) is 0 Å². The zero-order valence-corrected chi connectivity index (χ0v) is 13.0. The average Bonchev–Trinajstić information content (AvgIpc) is 2.81. The summed E-state index contributed by atoms with van der Waals surface area (Å²) in [5, 5.41) is 6.40. The van der Waals surface area contributed by atoms with Crippen LogP contribution in [0.2, 0.25) is 5.02 Å². The van der Waals surface area contributed by atoms with Crippen molar-refractivity contribution in [2.24, 2.45) is 0 Å². The van der Waals surface area contributed by atoms with Crippen molar-refractivity contribution in [2.45, 2.75) is 20.0 Å². The van der Waals surface area contributed by atoms with E-state index in [1.54, 1.807) is 23.3 Å². The smallest absolute Gasteiger partial charge is 0.317 e. The van der Waals surface area contributed by atoms with Crippen LogP contribution in [0.15, 0.2) is 29.6 Å². The monoisotopic (exact) mass is 309 g/mol. The molecular formula is C14H16ClN3OS. The Hall–Kier alpha value is -1.59. The van der Waals surface area contributed by atoms with Crippen molar-refractivity contribution in [3.8, 4) is 0 Å². The summed E-state index contributed by atoms with van der Waals surface area (Å²) in [7, 11) is 1.75. The van der Waals surface area contributed by atoms with Gasteiger partial charge in [-0.05, 0) is 24.6 Å². The lowest BCUT2D eigenvalue weighted by Gasteiger charge is -2.17. The molecule has 1 aromatic heterocycles. The van der Waals surface area contributed by atoms with E-state index >= 15 is 0 Å². The lowest BCUT2D eigenvalue weighted by atomic mass is 10.2. The molecule has 106 valence electrons. The molecular weight excluding hydrogens is 294 g/mol. The normalized spacial score (nSPS) is 10.3. The predicted molar refractivity (Wildman–Crippen MR) is 82.0 cm³/mol. The highest BCUT2D eigenvalue weighted by Crippen LogP contribution is 2.12. The largest absolute Gasteiger partial charge is 0.331 e. The third kappa shape index (κ3) is 4.21. The summed E-state index contributed by atoms with van der Waals surface area (Å²) in [6.45, 7) is 2.91. The van der Waals surface area contributed by atoms with Gasteiger partial charge in [-0.3, -0.25) is 0 Å². The maximum Gasteiger partial charge on any atom is 0.317 e. The van der Waals surface area contributed by atoms with Crippen molar-refractivity contribution in [1.29, 1.82) is 0 Å². The molecule has 0 unspecified atom stereocenters. The van der Waals surface area contributed by atoms with Crippen LogP contribution in [0.1, 0.15) is 16.3 Å². The van der Waals surface area contributed by atoms with Crippen LogP contribution in [0.3, 0.4) is 0 Å². The molecule has 0 radical (unpaired) electrons. The molecule has 2 amide bonds. The number of aryl methyl sites for hydroxylation is 1.